The van der Waals surface area contributed by atoms with Gasteiger partial charge in [-0.25, -0.2) is 4.98 Å². The van der Waals surface area contributed by atoms with Crippen LogP contribution in [0.4, 0.5) is 0 Å². The molecule has 4 nitrogen and oxygen atoms in total. The first-order valence-corrected chi connectivity index (χ1v) is 6.65. The van der Waals surface area contributed by atoms with E-state index >= 15 is 0 Å². The lowest BCUT2D eigenvalue weighted by atomic mass is 10.2. The van der Waals surface area contributed by atoms with E-state index in [4.69, 9.17) is 16.9 Å². The van der Waals surface area contributed by atoms with Crippen molar-refractivity contribution in [2.75, 3.05) is 0 Å². The lowest BCUT2D eigenvalue weighted by Gasteiger charge is -2.02. The molecule has 0 unspecified atom stereocenters. The van der Waals surface area contributed by atoms with E-state index in [1.54, 1.807) is 6.92 Å². The fourth-order valence-electron chi connectivity index (χ4n) is 1.59. The van der Waals surface area contributed by atoms with Gasteiger partial charge in [0.1, 0.15) is 17.5 Å². The maximum atomic E-state index is 11.7. The van der Waals surface area contributed by atoms with Gasteiger partial charge < -0.3 is 4.98 Å². The molecular formula is C13H10ClN3OS. The van der Waals surface area contributed by atoms with E-state index in [1.807, 2.05) is 31.2 Å². The number of allylic oxidation sites excluding steroid dienone is 1. The molecule has 0 aliphatic heterocycles. The quantitative estimate of drug-likeness (QED) is 0.923. The van der Waals surface area contributed by atoms with Crippen LogP contribution in [-0.2, 0) is 0 Å². The molecule has 6 heteroatoms. The van der Waals surface area contributed by atoms with Crippen LogP contribution < -0.4 is 5.56 Å². The molecule has 0 aliphatic carbocycles. The highest BCUT2D eigenvalue weighted by molar-refractivity contribution is 7.17. The minimum absolute atomic E-state index is 0.0516. The van der Waals surface area contributed by atoms with Gasteiger partial charge in [0.15, 0.2) is 0 Å². The van der Waals surface area contributed by atoms with Crippen molar-refractivity contribution in [3.63, 3.8) is 0 Å². The standard InChI is InChI=1S/C13H10ClN3OS/c1-7(5-9-3-4-11(14)19-9)12-16-8(2)10(6-15)13(18)17-12/h3-5H,1-2H3,(H,16,17,18)/b7-5+. The highest BCUT2D eigenvalue weighted by Gasteiger charge is 2.08. The summed E-state index contributed by atoms with van der Waals surface area (Å²) >= 11 is 7.30. The summed E-state index contributed by atoms with van der Waals surface area (Å²) in [5.74, 6) is 0.464. The van der Waals surface area contributed by atoms with Crippen LogP contribution in [0, 0.1) is 18.3 Å². The number of halogens is 1. The van der Waals surface area contributed by atoms with E-state index in [2.05, 4.69) is 9.97 Å². The lowest BCUT2D eigenvalue weighted by Crippen LogP contribution is -2.16. The van der Waals surface area contributed by atoms with Gasteiger partial charge in [0, 0.05) is 4.88 Å². The second-order valence-corrected chi connectivity index (χ2v) is 5.70. The van der Waals surface area contributed by atoms with Crippen LogP contribution in [0.5, 0.6) is 0 Å². The first kappa shape index (κ1) is 13.5. The van der Waals surface area contributed by atoms with E-state index in [0.29, 0.717) is 15.9 Å². The number of hydrogen-bond acceptors (Lipinski definition) is 4. The smallest absolute Gasteiger partial charge is 0.269 e. The Labute approximate surface area is 119 Å². The number of nitrogens with zero attached hydrogens (tertiary/aromatic N) is 2. The Balaban J connectivity index is 2.46. The molecule has 0 amide bonds. The predicted octanol–water partition coefficient (Wildman–Crippen LogP) is 3.23. The number of aromatic nitrogens is 2. The lowest BCUT2D eigenvalue weighted by molar-refractivity contribution is 1.01. The van der Waals surface area contributed by atoms with Gasteiger partial charge >= 0.3 is 0 Å². The topological polar surface area (TPSA) is 69.5 Å². The van der Waals surface area contributed by atoms with E-state index < -0.39 is 5.56 Å². The first-order valence-electron chi connectivity index (χ1n) is 5.46. The molecule has 2 rings (SSSR count). The van der Waals surface area contributed by atoms with Crippen LogP contribution in [0.2, 0.25) is 4.34 Å². The molecule has 0 saturated carbocycles. The van der Waals surface area contributed by atoms with E-state index in [-0.39, 0.29) is 5.56 Å². The molecule has 0 spiro atoms. The van der Waals surface area contributed by atoms with Crippen LogP contribution in [0.1, 0.15) is 28.9 Å². The van der Waals surface area contributed by atoms with Crippen LogP contribution in [0.25, 0.3) is 11.6 Å². The van der Waals surface area contributed by atoms with Crippen molar-refractivity contribution in [2.24, 2.45) is 0 Å². The van der Waals surface area contributed by atoms with Gasteiger partial charge in [-0.05, 0) is 37.6 Å². The first-order chi connectivity index (χ1) is 9.01. The van der Waals surface area contributed by atoms with Gasteiger partial charge in [-0.1, -0.05) is 11.6 Å². The van der Waals surface area contributed by atoms with Gasteiger partial charge in [0.25, 0.3) is 5.56 Å². The number of hydrogen-bond donors (Lipinski definition) is 1. The summed E-state index contributed by atoms with van der Waals surface area (Å²) < 4.78 is 0.705. The zero-order valence-corrected chi connectivity index (χ0v) is 11.9. The highest BCUT2D eigenvalue weighted by atomic mass is 35.5. The fourth-order valence-corrected chi connectivity index (χ4v) is 2.66. The SMILES string of the molecule is C/C(=C\c1ccc(Cl)s1)c1nc(C)c(C#N)c(=O)[nH]1. The maximum absolute atomic E-state index is 11.7. The van der Waals surface area contributed by atoms with Crippen molar-refractivity contribution in [2.45, 2.75) is 13.8 Å². The monoisotopic (exact) mass is 291 g/mol. The van der Waals surface area contributed by atoms with Crippen molar-refractivity contribution >= 4 is 34.6 Å². The second kappa shape index (κ2) is 5.39. The zero-order chi connectivity index (χ0) is 14.0. The van der Waals surface area contributed by atoms with Crippen molar-refractivity contribution in [1.29, 1.82) is 5.26 Å². The number of nitrogens with one attached hydrogen (secondary N) is 1. The molecule has 0 atom stereocenters. The largest absolute Gasteiger partial charge is 0.306 e. The Morgan fingerprint density at radius 1 is 1.58 bits per heavy atom. The summed E-state index contributed by atoms with van der Waals surface area (Å²) in [6.45, 7) is 3.49. The van der Waals surface area contributed by atoms with Crippen molar-refractivity contribution in [3.05, 3.63) is 48.8 Å². The maximum Gasteiger partial charge on any atom is 0.269 e. The molecule has 0 aliphatic rings. The third kappa shape index (κ3) is 2.92. The Morgan fingerprint density at radius 2 is 2.32 bits per heavy atom. The van der Waals surface area contributed by atoms with Gasteiger partial charge in [0.05, 0.1) is 10.0 Å². The van der Waals surface area contributed by atoms with Crippen LogP contribution in [0.3, 0.4) is 0 Å². The average molecular weight is 292 g/mol. The summed E-state index contributed by atoms with van der Waals surface area (Å²) in [4.78, 5) is 19.5. The van der Waals surface area contributed by atoms with E-state index in [9.17, 15) is 4.79 Å². The van der Waals surface area contributed by atoms with Crippen LogP contribution in [-0.4, -0.2) is 9.97 Å². The zero-order valence-electron chi connectivity index (χ0n) is 10.3. The molecule has 96 valence electrons. The van der Waals surface area contributed by atoms with E-state index in [1.165, 1.54) is 11.3 Å². The molecule has 1 N–H and O–H groups in total. The Morgan fingerprint density at radius 3 is 2.84 bits per heavy atom. The molecule has 0 fully saturated rings. The number of aryl methyl sites for hydroxylation is 1. The van der Waals surface area contributed by atoms with Gasteiger partial charge in [-0.3, -0.25) is 4.79 Å². The molecule has 2 aromatic heterocycles. The molecule has 19 heavy (non-hydrogen) atoms. The molecule has 2 aromatic rings. The highest BCUT2D eigenvalue weighted by Crippen LogP contribution is 2.25. The van der Waals surface area contributed by atoms with Crippen molar-refractivity contribution < 1.29 is 0 Å². The molecule has 2 heterocycles. The number of H-pyrrole nitrogens is 1. The number of rotatable bonds is 2. The normalized spacial score (nSPS) is 11.4. The molecule has 0 radical (unpaired) electrons. The summed E-state index contributed by atoms with van der Waals surface area (Å²) in [5, 5.41) is 8.83. The number of aromatic amines is 1. The molecule has 0 aromatic carbocycles. The minimum atomic E-state index is -0.415. The van der Waals surface area contributed by atoms with Gasteiger partial charge in [0.2, 0.25) is 0 Å². The summed E-state index contributed by atoms with van der Waals surface area (Å²) in [5.41, 5.74) is 0.874. The third-order valence-corrected chi connectivity index (χ3v) is 3.72. The summed E-state index contributed by atoms with van der Waals surface area (Å²) in [6, 6.07) is 5.55. The molecule has 0 bridgehead atoms. The van der Waals surface area contributed by atoms with Crippen molar-refractivity contribution in [1.82, 2.24) is 9.97 Å². The minimum Gasteiger partial charge on any atom is -0.306 e. The van der Waals surface area contributed by atoms with Crippen molar-refractivity contribution in [3.8, 4) is 6.07 Å². The predicted molar refractivity (Wildman–Crippen MR) is 77.2 cm³/mol. The number of thiophene rings is 1. The molecule has 0 saturated heterocycles. The Bertz CT molecular complexity index is 752. The second-order valence-electron chi connectivity index (χ2n) is 3.96. The Kier molecular flexibility index (Phi) is 3.84. The number of nitriles is 1. The van der Waals surface area contributed by atoms with Gasteiger partial charge in [-0.2, -0.15) is 5.26 Å². The fraction of sp³-hybridized carbons (Fsp3) is 0.154. The summed E-state index contributed by atoms with van der Waals surface area (Å²) in [6.07, 6.45) is 1.89. The Hall–Kier alpha value is -1.90. The third-order valence-electron chi connectivity index (χ3n) is 2.54. The van der Waals surface area contributed by atoms with Crippen LogP contribution >= 0.6 is 22.9 Å². The van der Waals surface area contributed by atoms with Crippen LogP contribution in [0.15, 0.2) is 16.9 Å². The molecular weight excluding hydrogens is 282 g/mol. The van der Waals surface area contributed by atoms with E-state index in [0.717, 1.165) is 10.5 Å². The average Bonchev–Trinajstić information content (AvgIpc) is 2.74. The summed E-state index contributed by atoms with van der Waals surface area (Å²) in [7, 11) is 0. The van der Waals surface area contributed by atoms with Gasteiger partial charge in [-0.15, -0.1) is 11.3 Å².